The van der Waals surface area contributed by atoms with Crippen LogP contribution in [0.1, 0.15) is 5.56 Å². The van der Waals surface area contributed by atoms with Crippen molar-refractivity contribution in [1.82, 2.24) is 4.31 Å². The second-order valence-electron chi connectivity index (χ2n) is 5.19. The van der Waals surface area contributed by atoms with E-state index < -0.39 is 15.9 Å². The molecule has 2 rings (SSSR count). The molecule has 2 aromatic rings. The molecule has 5 nitrogen and oxygen atoms in total. The van der Waals surface area contributed by atoms with Crippen molar-refractivity contribution in [3.8, 4) is 0 Å². The first-order chi connectivity index (χ1) is 11.3. The summed E-state index contributed by atoms with van der Waals surface area (Å²) in [4.78, 5) is 12.0. The monoisotopic (exact) mass is 348 g/mol. The molecular weight excluding hydrogens is 331 g/mol. The topological polar surface area (TPSA) is 66.5 Å². The Morgan fingerprint density at radius 3 is 2.42 bits per heavy atom. The summed E-state index contributed by atoms with van der Waals surface area (Å²) in [7, 11) is -0.693. The number of benzene rings is 2. The molecular formula is C17H17FN2O3S. The molecule has 24 heavy (non-hydrogen) atoms. The van der Waals surface area contributed by atoms with E-state index in [1.54, 1.807) is 24.3 Å². The Morgan fingerprint density at radius 2 is 1.79 bits per heavy atom. The third-order valence-corrected chi connectivity index (χ3v) is 4.99. The van der Waals surface area contributed by atoms with Gasteiger partial charge in [-0.1, -0.05) is 18.2 Å². The molecule has 0 fully saturated rings. The third kappa shape index (κ3) is 4.50. The lowest BCUT2D eigenvalue weighted by Gasteiger charge is -2.12. The number of hydrogen-bond acceptors (Lipinski definition) is 3. The van der Waals surface area contributed by atoms with Gasteiger partial charge in [-0.05, 0) is 42.0 Å². The van der Waals surface area contributed by atoms with Crippen LogP contribution in [0.5, 0.6) is 0 Å². The average Bonchev–Trinajstić information content (AvgIpc) is 2.54. The summed E-state index contributed by atoms with van der Waals surface area (Å²) in [5, 5.41) is 2.59. The second-order valence-corrected chi connectivity index (χ2v) is 7.34. The van der Waals surface area contributed by atoms with Crippen LogP contribution in [-0.4, -0.2) is 32.7 Å². The Morgan fingerprint density at radius 1 is 1.12 bits per heavy atom. The fraction of sp³-hybridized carbons (Fsp3) is 0.118. The fourth-order valence-electron chi connectivity index (χ4n) is 1.87. The quantitative estimate of drug-likeness (QED) is 0.845. The van der Waals surface area contributed by atoms with E-state index in [9.17, 15) is 17.6 Å². The van der Waals surface area contributed by atoms with Gasteiger partial charge >= 0.3 is 0 Å². The van der Waals surface area contributed by atoms with Crippen molar-refractivity contribution in [2.24, 2.45) is 0 Å². The molecule has 0 aliphatic rings. The number of carbonyl (C=O) groups is 1. The first-order valence-electron chi connectivity index (χ1n) is 7.06. The van der Waals surface area contributed by atoms with Crippen molar-refractivity contribution < 1.29 is 17.6 Å². The molecule has 0 heterocycles. The zero-order valence-electron chi connectivity index (χ0n) is 13.2. The summed E-state index contributed by atoms with van der Waals surface area (Å²) in [6, 6.07) is 11.7. The fourth-order valence-corrected chi connectivity index (χ4v) is 2.82. The summed E-state index contributed by atoms with van der Waals surface area (Å²) >= 11 is 0. The summed E-state index contributed by atoms with van der Waals surface area (Å²) in [6.45, 7) is 0. The van der Waals surface area contributed by atoms with Crippen LogP contribution in [0.3, 0.4) is 0 Å². The lowest BCUT2D eigenvalue weighted by atomic mass is 10.2. The van der Waals surface area contributed by atoms with Gasteiger partial charge in [0.25, 0.3) is 0 Å². The predicted molar refractivity (Wildman–Crippen MR) is 91.4 cm³/mol. The highest BCUT2D eigenvalue weighted by molar-refractivity contribution is 7.89. The van der Waals surface area contributed by atoms with Crippen LogP contribution in [-0.2, 0) is 14.8 Å². The molecule has 1 N–H and O–H groups in total. The van der Waals surface area contributed by atoms with Crippen molar-refractivity contribution in [1.29, 1.82) is 0 Å². The summed E-state index contributed by atoms with van der Waals surface area (Å²) in [5.41, 5.74) is 1.04. The van der Waals surface area contributed by atoms with E-state index in [-0.39, 0.29) is 10.7 Å². The largest absolute Gasteiger partial charge is 0.322 e. The third-order valence-electron chi connectivity index (χ3n) is 3.18. The molecule has 1 amide bonds. The van der Waals surface area contributed by atoms with Gasteiger partial charge in [-0.3, -0.25) is 4.79 Å². The highest BCUT2D eigenvalue weighted by Gasteiger charge is 2.17. The number of sulfonamides is 1. The molecule has 0 aliphatic carbocycles. The van der Waals surface area contributed by atoms with E-state index in [2.05, 4.69) is 5.32 Å². The Labute approximate surface area is 140 Å². The van der Waals surface area contributed by atoms with Crippen LogP contribution >= 0.6 is 0 Å². The van der Waals surface area contributed by atoms with Gasteiger partial charge in [0.05, 0.1) is 4.90 Å². The molecule has 0 spiro atoms. The zero-order valence-corrected chi connectivity index (χ0v) is 14.0. The highest BCUT2D eigenvalue weighted by Crippen LogP contribution is 2.18. The minimum atomic E-state index is -3.57. The van der Waals surface area contributed by atoms with E-state index in [4.69, 9.17) is 0 Å². The van der Waals surface area contributed by atoms with Crippen LogP contribution in [0.25, 0.3) is 6.08 Å². The Bertz CT molecular complexity index is 860. The van der Waals surface area contributed by atoms with E-state index in [0.29, 0.717) is 11.3 Å². The van der Waals surface area contributed by atoms with Crippen LogP contribution < -0.4 is 5.32 Å². The number of halogens is 1. The molecule has 0 bridgehead atoms. The summed E-state index contributed by atoms with van der Waals surface area (Å²) in [6.07, 6.45) is 2.83. The molecule has 0 aromatic heterocycles. The van der Waals surface area contributed by atoms with Gasteiger partial charge in [0.1, 0.15) is 5.82 Å². The summed E-state index contributed by atoms with van der Waals surface area (Å²) < 4.78 is 38.1. The standard InChI is InChI=1S/C17H17FN2O3S/c1-20(2)24(22,23)16-5-3-4-15(12-16)19-17(21)11-8-13-6-9-14(18)10-7-13/h3-12H,1-2H3,(H,19,21)/b11-8+. The van der Waals surface area contributed by atoms with Gasteiger partial charge in [0.2, 0.25) is 15.9 Å². The first kappa shape index (κ1) is 17.8. The van der Waals surface area contributed by atoms with Crippen molar-refractivity contribution in [3.63, 3.8) is 0 Å². The smallest absolute Gasteiger partial charge is 0.248 e. The predicted octanol–water partition coefficient (Wildman–Crippen LogP) is 2.73. The molecule has 2 aromatic carbocycles. The zero-order chi connectivity index (χ0) is 17.7. The van der Waals surface area contributed by atoms with Crippen molar-refractivity contribution in [3.05, 3.63) is 66.0 Å². The Balaban J connectivity index is 2.11. The maximum atomic E-state index is 12.8. The van der Waals surface area contributed by atoms with Gasteiger partial charge in [0, 0.05) is 25.9 Å². The number of nitrogens with zero attached hydrogens (tertiary/aromatic N) is 1. The minimum Gasteiger partial charge on any atom is -0.322 e. The summed E-state index contributed by atoms with van der Waals surface area (Å²) in [5.74, 6) is -0.769. The van der Waals surface area contributed by atoms with Crippen molar-refractivity contribution in [2.75, 3.05) is 19.4 Å². The van der Waals surface area contributed by atoms with Crippen LogP contribution in [0, 0.1) is 5.82 Å². The van der Waals surface area contributed by atoms with Crippen molar-refractivity contribution in [2.45, 2.75) is 4.90 Å². The maximum Gasteiger partial charge on any atom is 0.248 e. The van der Waals surface area contributed by atoms with Crippen LogP contribution in [0.15, 0.2) is 59.5 Å². The van der Waals surface area contributed by atoms with E-state index >= 15 is 0 Å². The molecule has 0 radical (unpaired) electrons. The lowest BCUT2D eigenvalue weighted by Crippen LogP contribution is -2.22. The van der Waals surface area contributed by atoms with E-state index in [1.807, 2.05) is 0 Å². The van der Waals surface area contributed by atoms with Gasteiger partial charge < -0.3 is 5.32 Å². The second kappa shape index (κ2) is 7.37. The Kier molecular flexibility index (Phi) is 5.48. The van der Waals surface area contributed by atoms with Gasteiger partial charge in [-0.25, -0.2) is 17.1 Å². The molecule has 0 atom stereocenters. The van der Waals surface area contributed by atoms with E-state index in [1.165, 1.54) is 50.5 Å². The molecule has 0 unspecified atom stereocenters. The van der Waals surface area contributed by atoms with Gasteiger partial charge in [-0.15, -0.1) is 0 Å². The maximum absolute atomic E-state index is 12.8. The van der Waals surface area contributed by atoms with Gasteiger partial charge in [-0.2, -0.15) is 0 Å². The number of anilines is 1. The average molecular weight is 348 g/mol. The molecule has 0 saturated carbocycles. The molecule has 126 valence electrons. The van der Waals surface area contributed by atoms with Gasteiger partial charge in [0.15, 0.2) is 0 Å². The van der Waals surface area contributed by atoms with Crippen molar-refractivity contribution >= 4 is 27.7 Å². The number of nitrogens with one attached hydrogen (secondary N) is 1. The molecule has 0 aliphatic heterocycles. The molecule has 7 heteroatoms. The Hall–Kier alpha value is -2.51. The SMILES string of the molecule is CN(C)S(=O)(=O)c1cccc(NC(=O)/C=C/c2ccc(F)cc2)c1. The van der Waals surface area contributed by atoms with Crippen LogP contribution in [0.2, 0.25) is 0 Å². The first-order valence-corrected chi connectivity index (χ1v) is 8.50. The number of rotatable bonds is 5. The normalized spacial score (nSPS) is 11.8. The van der Waals surface area contributed by atoms with Crippen LogP contribution in [0.4, 0.5) is 10.1 Å². The number of carbonyl (C=O) groups excluding carboxylic acids is 1. The number of hydrogen-bond donors (Lipinski definition) is 1. The minimum absolute atomic E-state index is 0.0906. The lowest BCUT2D eigenvalue weighted by molar-refractivity contribution is -0.111. The van der Waals surface area contributed by atoms with E-state index in [0.717, 1.165) is 4.31 Å². The highest BCUT2D eigenvalue weighted by atomic mass is 32.2. The molecule has 0 saturated heterocycles. The number of amides is 1.